The van der Waals surface area contributed by atoms with E-state index < -0.39 is 41.1 Å². The number of aromatic hydroxyl groups is 1. The lowest BCUT2D eigenvalue weighted by Gasteiger charge is -2.40. The summed E-state index contributed by atoms with van der Waals surface area (Å²) in [4.78, 5) is 35.4. The molecule has 2 rings (SSSR count). The number of benzene rings is 1. The van der Waals surface area contributed by atoms with E-state index in [0.717, 1.165) is 7.48 Å². The molecule has 1 amide bonds. The van der Waals surface area contributed by atoms with E-state index in [2.05, 4.69) is 0 Å². The number of carboxylic acids is 2. The Bertz CT molecular complexity index is 817. The van der Waals surface area contributed by atoms with Crippen molar-refractivity contribution in [1.29, 1.82) is 0 Å². The minimum absolute atomic E-state index is 0.00912. The number of likely N-dealkylation sites (tertiary alicyclic amines) is 1. The number of rotatable bonds is 13. The Morgan fingerprint density at radius 1 is 1.32 bits per heavy atom. The van der Waals surface area contributed by atoms with Crippen LogP contribution < -0.4 is 15.5 Å². The number of phenols is 1. The highest BCUT2D eigenvalue weighted by atomic mass is 16.5. The molecule has 1 unspecified atom stereocenters. The number of nitrogens with zero attached hydrogens (tertiary/aromatic N) is 1. The fourth-order valence-electron chi connectivity index (χ4n) is 3.28. The van der Waals surface area contributed by atoms with Gasteiger partial charge in [-0.2, -0.15) is 0 Å². The molecule has 1 aliphatic heterocycles. The first-order valence-corrected chi connectivity index (χ1v) is 9.60. The van der Waals surface area contributed by atoms with Crippen molar-refractivity contribution in [3.63, 3.8) is 0 Å². The van der Waals surface area contributed by atoms with Gasteiger partial charge in [0.05, 0.1) is 13.0 Å². The molecule has 1 fully saturated rings. The van der Waals surface area contributed by atoms with Crippen LogP contribution in [0.15, 0.2) is 12.1 Å². The number of ether oxygens (including phenoxy) is 1. The largest absolute Gasteiger partial charge is 0.634 e. The number of aromatic carboxylic acids is 1. The van der Waals surface area contributed by atoms with Crippen LogP contribution in [0.1, 0.15) is 22.3 Å². The van der Waals surface area contributed by atoms with Gasteiger partial charge in [0.2, 0.25) is 5.91 Å². The van der Waals surface area contributed by atoms with Gasteiger partial charge in [0.15, 0.2) is 6.04 Å². The molecule has 31 heavy (non-hydrogen) atoms. The maximum absolute atomic E-state index is 12.0. The van der Waals surface area contributed by atoms with Crippen LogP contribution in [0, 0.1) is 5.21 Å². The molecule has 1 aromatic carbocycles. The SMILES string of the molecule is NC(=O)C[C@H](C(=O)O)[NH+]([O-])CCN1CC(Oc2ccc(CC[B]O)c(O)c2C(=O)O)C1. The highest BCUT2D eigenvalue weighted by molar-refractivity contribution is 6.25. The van der Waals surface area contributed by atoms with E-state index in [4.69, 9.17) is 20.6 Å². The maximum Gasteiger partial charge on any atom is 0.363 e. The third-order valence-electron chi connectivity index (χ3n) is 4.96. The number of primary amides is 1. The van der Waals surface area contributed by atoms with E-state index in [1.807, 2.05) is 4.90 Å². The number of aryl methyl sites for hydroxylation is 1. The average molecular weight is 438 g/mol. The van der Waals surface area contributed by atoms with Crippen molar-refractivity contribution in [3.8, 4) is 11.5 Å². The van der Waals surface area contributed by atoms with E-state index in [1.54, 1.807) is 0 Å². The van der Waals surface area contributed by atoms with Gasteiger partial charge in [0.1, 0.15) is 23.2 Å². The van der Waals surface area contributed by atoms with Gasteiger partial charge >= 0.3 is 11.9 Å². The second kappa shape index (κ2) is 11.0. The Morgan fingerprint density at radius 3 is 2.55 bits per heavy atom. The van der Waals surface area contributed by atoms with Gasteiger partial charge in [-0.05, 0) is 24.4 Å². The van der Waals surface area contributed by atoms with Crippen LogP contribution in [0.25, 0.3) is 0 Å². The van der Waals surface area contributed by atoms with Crippen molar-refractivity contribution in [2.75, 3.05) is 26.2 Å². The number of carbonyl (C=O) groups is 3. The lowest BCUT2D eigenvalue weighted by Crippen LogP contribution is -3.13. The summed E-state index contributed by atoms with van der Waals surface area (Å²) in [5.41, 5.74) is 4.98. The number of carbonyl (C=O) groups excluding carboxylic acids is 1. The predicted molar refractivity (Wildman–Crippen MR) is 107 cm³/mol. The Balaban J connectivity index is 1.90. The fourth-order valence-corrected chi connectivity index (χ4v) is 3.28. The Morgan fingerprint density at radius 2 is 2.00 bits per heavy atom. The molecule has 12 nitrogen and oxygen atoms in total. The van der Waals surface area contributed by atoms with Gasteiger partial charge in [-0.15, -0.1) is 0 Å². The van der Waals surface area contributed by atoms with E-state index in [1.165, 1.54) is 12.1 Å². The predicted octanol–water partition coefficient (Wildman–Crippen LogP) is -2.56. The summed E-state index contributed by atoms with van der Waals surface area (Å²) in [6, 6.07) is 1.51. The van der Waals surface area contributed by atoms with Crippen LogP contribution in [-0.2, 0) is 16.0 Å². The molecule has 2 atom stereocenters. The van der Waals surface area contributed by atoms with Gasteiger partial charge in [-0.25, -0.2) is 9.59 Å². The van der Waals surface area contributed by atoms with Gasteiger partial charge in [0, 0.05) is 19.6 Å². The normalized spacial score (nSPS) is 16.2. The molecule has 1 aliphatic rings. The molecule has 1 radical (unpaired) electrons. The van der Waals surface area contributed by atoms with Crippen LogP contribution in [0.2, 0.25) is 6.32 Å². The molecular weight excluding hydrogens is 413 g/mol. The van der Waals surface area contributed by atoms with Crippen LogP contribution in [0.3, 0.4) is 0 Å². The zero-order valence-corrected chi connectivity index (χ0v) is 16.7. The van der Waals surface area contributed by atoms with Crippen molar-refractivity contribution < 1.29 is 44.5 Å². The topological polar surface area (TPSA) is 198 Å². The van der Waals surface area contributed by atoms with Crippen LogP contribution in [0.5, 0.6) is 11.5 Å². The van der Waals surface area contributed by atoms with Gasteiger partial charge in [0.25, 0.3) is 7.48 Å². The molecular formula is C18H25BN3O9. The standard InChI is InChI=1S/C18H25BN3O9/c20-14(23)7-12(17(25)26)22(30)6-5-21-8-11(9-21)31-13-2-1-10(3-4-19-29)16(24)15(13)18(27)28/h1-2,11-12,22,24,29H,3-9H2,(H2,20,23)(H,25,26)(H,27,28)/t12-/m1/s1. The lowest BCUT2D eigenvalue weighted by molar-refractivity contribution is -0.865. The highest BCUT2D eigenvalue weighted by Crippen LogP contribution is 2.33. The summed E-state index contributed by atoms with van der Waals surface area (Å²) in [5.74, 6) is -4.01. The number of aliphatic carboxylic acids is 1. The first kappa shape index (κ1) is 24.4. The molecule has 1 aromatic rings. The molecule has 0 saturated carbocycles. The number of nitrogens with two attached hydrogens (primary N) is 1. The minimum atomic E-state index is -1.46. The number of carboxylic acid groups (broad SMARTS) is 2. The molecule has 0 spiro atoms. The summed E-state index contributed by atoms with van der Waals surface area (Å²) < 4.78 is 5.68. The first-order chi connectivity index (χ1) is 14.6. The monoisotopic (exact) mass is 438 g/mol. The van der Waals surface area contributed by atoms with Crippen molar-refractivity contribution in [3.05, 3.63) is 28.5 Å². The maximum atomic E-state index is 12.0. The first-order valence-electron chi connectivity index (χ1n) is 9.60. The molecule has 1 saturated heterocycles. The zero-order chi connectivity index (χ0) is 23.1. The summed E-state index contributed by atoms with van der Waals surface area (Å²) in [5, 5.41) is 49.0. The van der Waals surface area contributed by atoms with Crippen molar-refractivity contribution in [2.24, 2.45) is 5.73 Å². The highest BCUT2D eigenvalue weighted by Gasteiger charge is 2.32. The third kappa shape index (κ3) is 6.56. The van der Waals surface area contributed by atoms with E-state index in [0.29, 0.717) is 18.7 Å². The Kier molecular flexibility index (Phi) is 8.62. The van der Waals surface area contributed by atoms with E-state index >= 15 is 0 Å². The molecule has 7 N–H and O–H groups in total. The zero-order valence-electron chi connectivity index (χ0n) is 16.7. The average Bonchev–Trinajstić information content (AvgIpc) is 2.66. The summed E-state index contributed by atoms with van der Waals surface area (Å²) in [6.07, 6.45) is -0.398. The Labute approximate surface area is 178 Å². The summed E-state index contributed by atoms with van der Waals surface area (Å²) in [6.45, 7) is 0.938. The van der Waals surface area contributed by atoms with Crippen LogP contribution in [0.4, 0.5) is 0 Å². The number of quaternary nitrogens is 1. The number of nitrogens with one attached hydrogen (secondary N) is 1. The van der Waals surface area contributed by atoms with E-state index in [9.17, 15) is 29.8 Å². The summed E-state index contributed by atoms with van der Waals surface area (Å²) in [7, 11) is 0.921. The molecule has 169 valence electrons. The second-order valence-electron chi connectivity index (χ2n) is 7.25. The second-order valence-corrected chi connectivity index (χ2v) is 7.25. The van der Waals surface area contributed by atoms with Crippen molar-refractivity contribution >= 4 is 25.3 Å². The van der Waals surface area contributed by atoms with Gasteiger partial charge in [-0.3, -0.25) is 9.69 Å². The molecule has 13 heteroatoms. The Hall–Kier alpha value is -2.87. The van der Waals surface area contributed by atoms with Crippen LogP contribution in [-0.4, -0.2) is 88.9 Å². The summed E-state index contributed by atoms with van der Waals surface area (Å²) >= 11 is 0. The number of hydrogen-bond donors (Lipinski definition) is 6. The minimum Gasteiger partial charge on any atom is -0.634 e. The number of hydroxylamine groups is 2. The third-order valence-corrected chi connectivity index (χ3v) is 4.96. The van der Waals surface area contributed by atoms with Gasteiger partial charge in [-0.1, -0.05) is 6.07 Å². The molecule has 1 heterocycles. The quantitative estimate of drug-likeness (QED) is 0.141. The number of hydrogen-bond acceptors (Lipinski definition) is 8. The molecule has 0 aromatic heterocycles. The van der Waals surface area contributed by atoms with Crippen molar-refractivity contribution in [1.82, 2.24) is 4.90 Å². The number of amides is 1. The van der Waals surface area contributed by atoms with E-state index in [-0.39, 0.29) is 43.2 Å². The smallest absolute Gasteiger partial charge is 0.363 e. The fraction of sp³-hybridized carbons (Fsp3) is 0.500. The molecule has 0 aliphatic carbocycles. The lowest BCUT2D eigenvalue weighted by atomic mass is 9.90. The molecule has 0 bridgehead atoms. The van der Waals surface area contributed by atoms with Crippen molar-refractivity contribution in [2.45, 2.75) is 31.3 Å². The van der Waals surface area contributed by atoms with Crippen LogP contribution >= 0.6 is 0 Å². The van der Waals surface area contributed by atoms with Gasteiger partial charge < -0.3 is 41.1 Å².